The Bertz CT molecular complexity index is 1140. The number of nitrogens with one attached hydrogen (secondary N) is 2. The zero-order chi connectivity index (χ0) is 25.4. The van der Waals surface area contributed by atoms with Crippen LogP contribution in [0.3, 0.4) is 0 Å². The zero-order valence-electron chi connectivity index (χ0n) is 19.3. The lowest BCUT2D eigenvalue weighted by molar-refractivity contribution is -0.145. The molecule has 0 aliphatic carbocycles. The van der Waals surface area contributed by atoms with Crippen molar-refractivity contribution in [3.05, 3.63) is 76.3 Å². The lowest BCUT2D eigenvalue weighted by Gasteiger charge is -2.21. The van der Waals surface area contributed by atoms with Gasteiger partial charge in [-0.05, 0) is 30.2 Å². The number of thioether (sulfide) groups is 1. The molecule has 4 N–H and O–H groups in total. The Morgan fingerprint density at radius 1 is 1.14 bits per heavy atom. The highest BCUT2D eigenvalue weighted by atomic mass is 32.2. The molecule has 35 heavy (non-hydrogen) atoms. The van der Waals surface area contributed by atoms with E-state index in [1.54, 1.807) is 31.2 Å². The molecule has 3 atom stereocenters. The number of esters is 1. The molecule has 3 rings (SSSR count). The van der Waals surface area contributed by atoms with Crippen molar-refractivity contribution in [2.45, 2.75) is 30.6 Å². The van der Waals surface area contributed by atoms with Crippen LogP contribution in [0.2, 0.25) is 0 Å². The largest absolute Gasteiger partial charge is 0.497 e. The minimum Gasteiger partial charge on any atom is -0.497 e. The summed E-state index contributed by atoms with van der Waals surface area (Å²) in [5, 5.41) is 13.8. The predicted molar refractivity (Wildman–Crippen MR) is 131 cm³/mol. The zero-order valence-corrected chi connectivity index (χ0v) is 20.1. The van der Waals surface area contributed by atoms with Gasteiger partial charge in [0, 0.05) is 12.3 Å². The van der Waals surface area contributed by atoms with Gasteiger partial charge in [-0.2, -0.15) is 5.26 Å². The molecule has 9 nitrogen and oxygen atoms in total. The average Bonchev–Trinajstić information content (AvgIpc) is 3.20. The van der Waals surface area contributed by atoms with Crippen LogP contribution in [0.5, 0.6) is 5.75 Å². The maximum atomic E-state index is 13.1. The number of nitrogens with two attached hydrogens (primary N) is 1. The first-order chi connectivity index (χ1) is 16.9. The monoisotopic (exact) mass is 494 g/mol. The summed E-state index contributed by atoms with van der Waals surface area (Å²) in [6.45, 7) is 1.82. The van der Waals surface area contributed by atoms with E-state index in [0.29, 0.717) is 11.3 Å². The first-order valence-electron chi connectivity index (χ1n) is 10.9. The smallest absolute Gasteiger partial charge is 0.329 e. The van der Waals surface area contributed by atoms with Gasteiger partial charge in [0.05, 0.1) is 30.4 Å². The number of rotatable bonds is 8. The highest BCUT2D eigenvalue weighted by molar-refractivity contribution is 8.04. The van der Waals surface area contributed by atoms with Crippen molar-refractivity contribution in [2.24, 2.45) is 5.73 Å². The lowest BCUT2D eigenvalue weighted by atomic mass is 9.88. The van der Waals surface area contributed by atoms with Crippen LogP contribution in [0.4, 0.5) is 4.79 Å². The number of hydrogen-bond acceptors (Lipinski definition) is 8. The Kier molecular flexibility index (Phi) is 8.75. The fraction of sp³-hybridized carbons (Fsp3) is 0.280. The Hall–Kier alpha value is -3.97. The lowest BCUT2D eigenvalue weighted by Crippen LogP contribution is -2.51. The topological polar surface area (TPSA) is 144 Å². The molecule has 2 aromatic carbocycles. The molecular formula is C25H26N4O5S. The van der Waals surface area contributed by atoms with Crippen LogP contribution in [-0.4, -0.2) is 42.9 Å². The molecule has 3 amide bonds. The average molecular weight is 495 g/mol. The van der Waals surface area contributed by atoms with Gasteiger partial charge in [0.1, 0.15) is 17.0 Å². The third-order valence-electron chi connectivity index (χ3n) is 5.38. The van der Waals surface area contributed by atoms with Crippen molar-refractivity contribution in [1.82, 2.24) is 10.6 Å². The van der Waals surface area contributed by atoms with E-state index in [2.05, 4.69) is 16.7 Å². The Morgan fingerprint density at radius 2 is 1.83 bits per heavy atom. The molecule has 0 unspecified atom stereocenters. The summed E-state index contributed by atoms with van der Waals surface area (Å²) < 4.78 is 10.3. The second kappa shape index (κ2) is 11.9. The summed E-state index contributed by atoms with van der Waals surface area (Å²) in [4.78, 5) is 38.2. The van der Waals surface area contributed by atoms with Gasteiger partial charge >= 0.3 is 12.0 Å². The van der Waals surface area contributed by atoms with E-state index in [0.717, 1.165) is 17.3 Å². The highest BCUT2D eigenvalue weighted by Gasteiger charge is 2.41. The van der Waals surface area contributed by atoms with Crippen LogP contribution in [-0.2, 0) is 20.7 Å². The van der Waals surface area contributed by atoms with Gasteiger partial charge < -0.3 is 20.5 Å². The second-order valence-corrected chi connectivity index (χ2v) is 8.82. The van der Waals surface area contributed by atoms with Gasteiger partial charge in [0.2, 0.25) is 5.91 Å². The number of methoxy groups -OCH3 is 1. The quantitative estimate of drug-likeness (QED) is 0.475. The molecule has 0 saturated carbocycles. The summed E-state index contributed by atoms with van der Waals surface area (Å²) in [5.41, 5.74) is 7.79. The van der Waals surface area contributed by atoms with Crippen LogP contribution in [0.25, 0.3) is 0 Å². The molecule has 2 aromatic rings. The van der Waals surface area contributed by atoms with Crippen molar-refractivity contribution in [1.29, 1.82) is 5.26 Å². The highest BCUT2D eigenvalue weighted by Crippen LogP contribution is 2.45. The van der Waals surface area contributed by atoms with E-state index < -0.39 is 35.1 Å². The maximum Gasteiger partial charge on any atom is 0.329 e. The first kappa shape index (κ1) is 25.6. The Labute approximate surface area is 207 Å². The number of hydrogen-bond donors (Lipinski definition) is 3. The number of nitrogens with zero attached hydrogens (tertiary/aromatic N) is 1. The number of carbonyl (C=O) groups is 3. The van der Waals surface area contributed by atoms with E-state index in [9.17, 15) is 19.6 Å². The van der Waals surface area contributed by atoms with Crippen LogP contribution in [0, 0.1) is 11.3 Å². The van der Waals surface area contributed by atoms with E-state index >= 15 is 0 Å². The van der Waals surface area contributed by atoms with Gasteiger partial charge in [-0.15, -0.1) is 0 Å². The molecule has 0 bridgehead atoms. The molecule has 10 heteroatoms. The third kappa shape index (κ3) is 6.33. The summed E-state index contributed by atoms with van der Waals surface area (Å²) in [7, 11) is 1.54. The van der Waals surface area contributed by atoms with E-state index in [-0.39, 0.29) is 23.6 Å². The fourth-order valence-corrected chi connectivity index (χ4v) is 4.89. The van der Waals surface area contributed by atoms with Crippen molar-refractivity contribution < 1.29 is 23.9 Å². The van der Waals surface area contributed by atoms with Crippen LogP contribution >= 0.6 is 11.8 Å². The number of imide groups is 1. The summed E-state index contributed by atoms with van der Waals surface area (Å²) in [5.74, 6) is -1.26. The second-order valence-electron chi connectivity index (χ2n) is 7.64. The standard InChI is InChI=1S/C25H26N4O5S/c1-3-34-24(31)19(13-15-7-5-4-6-8-15)28-25(32)29-23(30)21-20(18(14-26)22(27)35-21)16-9-11-17(33-2)12-10-16/h4-12,19-21H,3,13,27H2,1-2H3,(H2,28,29,30,32)/t19-,20+,21+/m0/s1. The van der Waals surface area contributed by atoms with Crippen molar-refractivity contribution in [3.63, 3.8) is 0 Å². The molecule has 1 aliphatic heterocycles. The van der Waals surface area contributed by atoms with Crippen LogP contribution in [0.15, 0.2) is 65.2 Å². The number of ether oxygens (including phenoxy) is 2. The van der Waals surface area contributed by atoms with Gasteiger partial charge in [-0.3, -0.25) is 10.1 Å². The third-order valence-corrected chi connectivity index (χ3v) is 6.60. The minimum absolute atomic E-state index is 0.149. The Morgan fingerprint density at radius 3 is 2.43 bits per heavy atom. The van der Waals surface area contributed by atoms with Crippen molar-refractivity contribution >= 4 is 29.7 Å². The normalized spacial score (nSPS) is 17.7. The number of benzene rings is 2. The predicted octanol–water partition coefficient (Wildman–Crippen LogP) is 2.59. The van der Waals surface area contributed by atoms with Crippen molar-refractivity contribution in [2.75, 3.05) is 13.7 Å². The minimum atomic E-state index is -0.989. The number of allylic oxidation sites excluding steroid dienone is 1. The molecular weight excluding hydrogens is 468 g/mol. The molecule has 1 aliphatic rings. The van der Waals surface area contributed by atoms with Gasteiger partial charge in [-0.25, -0.2) is 9.59 Å². The van der Waals surface area contributed by atoms with E-state index in [4.69, 9.17) is 15.2 Å². The van der Waals surface area contributed by atoms with E-state index in [1.807, 2.05) is 30.3 Å². The molecule has 0 radical (unpaired) electrons. The summed E-state index contributed by atoms with van der Waals surface area (Å²) in [6.07, 6.45) is 0.195. The molecule has 182 valence electrons. The number of carbonyl (C=O) groups excluding carboxylic acids is 3. The summed E-state index contributed by atoms with van der Waals surface area (Å²) >= 11 is 1.02. The molecule has 0 saturated heterocycles. The van der Waals surface area contributed by atoms with Crippen LogP contribution in [0.1, 0.15) is 24.0 Å². The van der Waals surface area contributed by atoms with Gasteiger partial charge in [-0.1, -0.05) is 54.2 Å². The number of amides is 3. The molecule has 0 spiro atoms. The van der Waals surface area contributed by atoms with Gasteiger partial charge in [0.15, 0.2) is 0 Å². The number of urea groups is 1. The molecule has 0 aromatic heterocycles. The fourth-order valence-electron chi connectivity index (χ4n) is 3.72. The molecule has 0 fully saturated rings. The first-order valence-corrected chi connectivity index (χ1v) is 11.8. The van der Waals surface area contributed by atoms with Gasteiger partial charge in [0.25, 0.3) is 0 Å². The molecule has 1 heterocycles. The summed E-state index contributed by atoms with van der Waals surface area (Å²) in [6, 6.07) is 16.3. The van der Waals surface area contributed by atoms with Crippen LogP contribution < -0.4 is 21.1 Å². The SMILES string of the molecule is CCOC(=O)[C@H](Cc1ccccc1)NC(=O)NC(=O)[C@@H]1SC(N)=C(C#N)[C@H]1c1ccc(OC)cc1. The Balaban J connectivity index is 1.74. The van der Waals surface area contributed by atoms with E-state index in [1.165, 1.54) is 7.11 Å². The van der Waals surface area contributed by atoms with Crippen molar-refractivity contribution in [3.8, 4) is 11.8 Å². The maximum absolute atomic E-state index is 13.1. The number of nitriles is 1.